The van der Waals surface area contributed by atoms with Crippen molar-refractivity contribution in [1.29, 1.82) is 0 Å². The maximum atomic E-state index is 12.8. The molecule has 3 atom stereocenters. The van der Waals surface area contributed by atoms with Crippen LogP contribution in [-0.2, 0) is 25.5 Å². The molecule has 0 radical (unpaired) electrons. The third-order valence-corrected chi connectivity index (χ3v) is 6.36. The molecule has 2 heterocycles. The van der Waals surface area contributed by atoms with E-state index in [0.29, 0.717) is 34.8 Å². The van der Waals surface area contributed by atoms with Crippen molar-refractivity contribution in [2.45, 2.75) is 38.8 Å². The minimum Gasteiger partial charge on any atom is -0.393 e. The van der Waals surface area contributed by atoms with Gasteiger partial charge in [0.2, 0.25) is 5.91 Å². The summed E-state index contributed by atoms with van der Waals surface area (Å²) < 4.78 is 5.03. The number of Topliss-reactive ketones (excluding diaryl/α,β-unsaturated/α-hetero) is 1. The number of hydrogen-bond donors (Lipinski definition) is 2. The minimum absolute atomic E-state index is 0.0496. The lowest BCUT2D eigenvalue weighted by molar-refractivity contribution is -0.166. The molecular weight excluding hydrogens is 408 g/mol. The molecule has 0 spiro atoms. The minimum atomic E-state index is -0.903. The molecule has 9 heteroatoms. The molecule has 1 fully saturated rings. The number of β-lactam (4-membered cyclic amide) rings is 1. The molecule has 160 valence electrons. The van der Waals surface area contributed by atoms with Gasteiger partial charge in [-0.15, -0.1) is 11.8 Å². The Morgan fingerprint density at radius 3 is 2.67 bits per heavy atom. The van der Waals surface area contributed by atoms with Crippen LogP contribution >= 0.6 is 11.8 Å². The molecule has 3 N–H and O–H groups in total. The van der Waals surface area contributed by atoms with Crippen LogP contribution in [0, 0.1) is 5.92 Å². The summed E-state index contributed by atoms with van der Waals surface area (Å²) in [5, 5.41) is 9.87. The van der Waals surface area contributed by atoms with E-state index >= 15 is 0 Å². The van der Waals surface area contributed by atoms with Crippen LogP contribution in [0.3, 0.4) is 0 Å². The number of hydrogen-bond acceptors (Lipinski definition) is 8. The molecule has 3 rings (SSSR count). The smallest absolute Gasteiger partial charge is 0.363 e. The van der Waals surface area contributed by atoms with Gasteiger partial charge >= 0.3 is 11.9 Å². The second-order valence-electron chi connectivity index (χ2n) is 7.31. The summed E-state index contributed by atoms with van der Waals surface area (Å²) in [6, 6.07) is 6.29. The van der Waals surface area contributed by atoms with E-state index in [1.165, 1.54) is 23.6 Å². The molecule has 8 nitrogen and oxygen atoms in total. The summed E-state index contributed by atoms with van der Waals surface area (Å²) in [6.07, 6.45) is -0.662. The van der Waals surface area contributed by atoms with Crippen LogP contribution in [0.25, 0.3) is 0 Å². The molecule has 1 aromatic rings. The second-order valence-corrected chi connectivity index (χ2v) is 8.50. The topological polar surface area (TPSA) is 127 Å². The van der Waals surface area contributed by atoms with Gasteiger partial charge in [0, 0.05) is 29.2 Å². The number of nitrogens with two attached hydrogens (primary N) is 1. The van der Waals surface area contributed by atoms with Crippen molar-refractivity contribution in [3.8, 4) is 0 Å². The summed E-state index contributed by atoms with van der Waals surface area (Å²) in [7, 11) is 0. The number of aliphatic hydroxyl groups is 1. The first kappa shape index (κ1) is 22.2. The first-order valence-corrected chi connectivity index (χ1v) is 10.7. The van der Waals surface area contributed by atoms with E-state index in [1.54, 1.807) is 31.2 Å². The van der Waals surface area contributed by atoms with E-state index in [9.17, 15) is 24.3 Å². The first-order valence-electron chi connectivity index (χ1n) is 9.67. The Kier molecular flexibility index (Phi) is 6.74. The lowest BCUT2D eigenvalue weighted by Crippen LogP contribution is -2.61. The standard InChI is InChI=1S/C21H24N2O6S/c1-11(24)14-6-4-3-5-13(14)9-17(26)29-21(28)19-16(30-8-7-22)10-15-18(12(2)25)20(27)23(15)19/h3-6,12,15,18,25H,7-10,22H2,1-2H3/t12-,15-,18-/m1/s1. The van der Waals surface area contributed by atoms with Crippen molar-refractivity contribution >= 4 is 35.4 Å². The molecule has 0 saturated carbocycles. The van der Waals surface area contributed by atoms with Gasteiger partial charge in [0.15, 0.2) is 5.78 Å². The van der Waals surface area contributed by atoms with Crippen molar-refractivity contribution in [1.82, 2.24) is 4.90 Å². The van der Waals surface area contributed by atoms with Gasteiger partial charge in [-0.2, -0.15) is 0 Å². The van der Waals surface area contributed by atoms with Crippen LogP contribution in [0.2, 0.25) is 0 Å². The van der Waals surface area contributed by atoms with E-state index in [1.807, 2.05) is 0 Å². The van der Waals surface area contributed by atoms with Gasteiger partial charge in [0.05, 0.1) is 24.5 Å². The summed E-state index contributed by atoms with van der Waals surface area (Å²) in [4.78, 5) is 51.3. The van der Waals surface area contributed by atoms with Crippen LogP contribution in [0.4, 0.5) is 0 Å². The number of ketones is 1. The van der Waals surface area contributed by atoms with Gasteiger partial charge in [-0.05, 0) is 19.4 Å². The number of carbonyl (C=O) groups excluding carboxylic acids is 4. The monoisotopic (exact) mass is 432 g/mol. The number of ether oxygens (including phenoxy) is 1. The number of rotatable bonds is 8. The Bertz CT molecular complexity index is 926. The van der Waals surface area contributed by atoms with E-state index < -0.39 is 24.0 Å². The fourth-order valence-corrected chi connectivity index (χ4v) is 4.86. The highest BCUT2D eigenvalue weighted by Gasteiger charge is 2.57. The molecule has 0 aliphatic carbocycles. The quantitative estimate of drug-likeness (QED) is 0.270. The number of benzene rings is 1. The van der Waals surface area contributed by atoms with E-state index in [4.69, 9.17) is 10.5 Å². The number of aliphatic hydroxyl groups excluding tert-OH is 1. The fourth-order valence-electron chi connectivity index (χ4n) is 3.89. The van der Waals surface area contributed by atoms with Crippen LogP contribution in [-0.4, -0.2) is 58.1 Å². The zero-order valence-electron chi connectivity index (χ0n) is 16.8. The third kappa shape index (κ3) is 4.19. The molecule has 1 aromatic carbocycles. The third-order valence-electron chi connectivity index (χ3n) is 5.21. The van der Waals surface area contributed by atoms with Gasteiger partial charge in [0.25, 0.3) is 0 Å². The van der Waals surface area contributed by atoms with Crippen molar-refractivity contribution in [3.63, 3.8) is 0 Å². The summed E-state index contributed by atoms with van der Waals surface area (Å²) >= 11 is 1.34. The predicted molar refractivity (Wildman–Crippen MR) is 110 cm³/mol. The molecule has 30 heavy (non-hydrogen) atoms. The second kappa shape index (κ2) is 9.11. The largest absolute Gasteiger partial charge is 0.393 e. The molecule has 2 aliphatic rings. The Morgan fingerprint density at radius 1 is 1.33 bits per heavy atom. The number of nitrogens with zero attached hydrogens (tertiary/aromatic N) is 1. The maximum Gasteiger partial charge on any atom is 0.363 e. The number of carbonyl (C=O) groups is 4. The number of thioether (sulfide) groups is 1. The maximum absolute atomic E-state index is 12.8. The molecular formula is C21H24N2O6S. The number of esters is 2. The van der Waals surface area contributed by atoms with Crippen LogP contribution < -0.4 is 5.73 Å². The molecule has 2 aliphatic heterocycles. The Labute approximate surface area is 178 Å². The van der Waals surface area contributed by atoms with Crippen LogP contribution in [0.15, 0.2) is 34.9 Å². The van der Waals surface area contributed by atoms with Crippen molar-refractivity contribution in [3.05, 3.63) is 46.0 Å². The van der Waals surface area contributed by atoms with Gasteiger partial charge in [-0.25, -0.2) is 4.79 Å². The van der Waals surface area contributed by atoms with Crippen LogP contribution in [0.5, 0.6) is 0 Å². The SMILES string of the molecule is CC(=O)c1ccccc1CC(=O)OC(=O)C1=C(SCCN)C[C@@H]2[C@@H]([C@@H](C)O)C(=O)N12. The Hall–Kier alpha value is -2.49. The average Bonchev–Trinajstić information content (AvgIpc) is 3.00. The highest BCUT2D eigenvalue weighted by atomic mass is 32.2. The molecule has 1 saturated heterocycles. The van der Waals surface area contributed by atoms with E-state index in [0.717, 1.165) is 0 Å². The van der Waals surface area contributed by atoms with Gasteiger partial charge in [0.1, 0.15) is 5.70 Å². The van der Waals surface area contributed by atoms with Gasteiger partial charge in [-0.1, -0.05) is 24.3 Å². The molecule has 0 unspecified atom stereocenters. The lowest BCUT2D eigenvalue weighted by atomic mass is 9.83. The van der Waals surface area contributed by atoms with Crippen LogP contribution in [0.1, 0.15) is 36.2 Å². The number of amides is 1. The summed E-state index contributed by atoms with van der Waals surface area (Å²) in [5.74, 6) is -2.31. The molecule has 1 amide bonds. The normalized spacial score (nSPS) is 21.2. The average molecular weight is 432 g/mol. The Morgan fingerprint density at radius 2 is 2.03 bits per heavy atom. The zero-order chi connectivity index (χ0) is 22.0. The van der Waals surface area contributed by atoms with Crippen molar-refractivity contribution in [2.75, 3.05) is 12.3 Å². The van der Waals surface area contributed by atoms with E-state index in [-0.39, 0.29) is 29.9 Å². The van der Waals surface area contributed by atoms with Gasteiger partial charge < -0.3 is 20.5 Å². The van der Waals surface area contributed by atoms with Crippen molar-refractivity contribution in [2.24, 2.45) is 11.7 Å². The highest BCUT2D eigenvalue weighted by Crippen LogP contribution is 2.47. The van der Waals surface area contributed by atoms with Crippen molar-refractivity contribution < 1.29 is 29.0 Å². The van der Waals surface area contributed by atoms with Gasteiger partial charge in [-0.3, -0.25) is 14.4 Å². The first-order chi connectivity index (χ1) is 14.3. The Balaban J connectivity index is 1.76. The zero-order valence-corrected chi connectivity index (χ0v) is 17.6. The fraction of sp³-hybridized carbons (Fsp3) is 0.429. The lowest BCUT2D eigenvalue weighted by Gasteiger charge is -2.44. The highest BCUT2D eigenvalue weighted by molar-refractivity contribution is 8.03. The predicted octanol–water partition coefficient (Wildman–Crippen LogP) is 1.02. The number of fused-ring (bicyclic) bond motifs is 1. The summed E-state index contributed by atoms with van der Waals surface area (Å²) in [6.45, 7) is 3.32. The van der Waals surface area contributed by atoms with E-state index in [2.05, 4.69) is 0 Å². The molecule has 0 bridgehead atoms. The summed E-state index contributed by atoms with van der Waals surface area (Å²) in [5.41, 5.74) is 6.46. The molecule has 0 aromatic heterocycles.